The third kappa shape index (κ3) is 4.59. The molecular weight excluding hydrogens is 420 g/mol. The van der Waals surface area contributed by atoms with Crippen molar-refractivity contribution in [3.8, 4) is 11.4 Å². The van der Waals surface area contributed by atoms with Crippen molar-refractivity contribution in [1.82, 2.24) is 14.7 Å². The lowest BCUT2D eigenvalue weighted by Crippen LogP contribution is -2.29. The lowest BCUT2D eigenvalue weighted by Gasteiger charge is -2.12. The van der Waals surface area contributed by atoms with Gasteiger partial charge in [-0.25, -0.2) is 23.1 Å². The van der Waals surface area contributed by atoms with E-state index in [2.05, 4.69) is 20.0 Å². The second-order valence-electron chi connectivity index (χ2n) is 6.56. The van der Waals surface area contributed by atoms with Gasteiger partial charge in [-0.1, -0.05) is 41.9 Å². The van der Waals surface area contributed by atoms with Gasteiger partial charge in [0.2, 0.25) is 10.0 Å². The number of hydrogen-bond acceptors (Lipinski definition) is 5. The molecule has 0 aliphatic heterocycles. The molecule has 0 amide bonds. The summed E-state index contributed by atoms with van der Waals surface area (Å²) in [6.45, 7) is 0.582. The Morgan fingerprint density at radius 2 is 1.50 bits per heavy atom. The number of hydrogen-bond donors (Lipinski definition) is 2. The number of fused-ring (bicyclic) bond motifs is 1. The number of aromatic nitrogens is 2. The molecule has 0 aliphatic carbocycles. The van der Waals surface area contributed by atoms with Gasteiger partial charge in [0.15, 0.2) is 5.82 Å². The highest BCUT2D eigenvalue weighted by atomic mass is 35.5. The predicted molar refractivity (Wildman–Crippen MR) is 120 cm³/mol. The normalized spacial score (nSPS) is 11.5. The Labute approximate surface area is 180 Å². The number of halogens is 1. The molecule has 0 unspecified atom stereocenters. The molecule has 3 aromatic carbocycles. The SMILES string of the molecule is O=S(=O)(NCCNc1nc(-c2ccc(Cl)cc2)nc2ccccc12)c1ccccc1. The predicted octanol–water partition coefficient (Wildman–Crippen LogP) is 4.34. The minimum atomic E-state index is -3.55. The number of rotatable bonds is 7. The number of para-hydroxylation sites is 1. The van der Waals surface area contributed by atoms with Crippen molar-refractivity contribution in [2.75, 3.05) is 18.4 Å². The number of benzene rings is 3. The van der Waals surface area contributed by atoms with Crippen LogP contribution < -0.4 is 10.0 Å². The Hall–Kier alpha value is -3.00. The van der Waals surface area contributed by atoms with Crippen LogP contribution in [0.1, 0.15) is 0 Å². The summed E-state index contributed by atoms with van der Waals surface area (Å²) in [4.78, 5) is 9.53. The summed E-state index contributed by atoms with van der Waals surface area (Å²) in [7, 11) is -3.55. The molecule has 152 valence electrons. The molecule has 1 heterocycles. The molecule has 0 fully saturated rings. The highest BCUT2D eigenvalue weighted by molar-refractivity contribution is 7.89. The van der Waals surface area contributed by atoms with Gasteiger partial charge in [0.25, 0.3) is 0 Å². The molecule has 0 radical (unpaired) electrons. The average Bonchev–Trinajstić information content (AvgIpc) is 2.77. The molecule has 4 aromatic rings. The van der Waals surface area contributed by atoms with Crippen molar-refractivity contribution >= 4 is 38.3 Å². The minimum Gasteiger partial charge on any atom is -0.368 e. The summed E-state index contributed by atoms with van der Waals surface area (Å²) in [5.74, 6) is 1.21. The highest BCUT2D eigenvalue weighted by Gasteiger charge is 2.13. The third-order valence-corrected chi connectivity index (χ3v) is 6.20. The first kappa shape index (κ1) is 20.3. The first-order valence-electron chi connectivity index (χ1n) is 9.34. The maximum atomic E-state index is 12.3. The van der Waals surface area contributed by atoms with Crippen molar-refractivity contribution in [3.63, 3.8) is 0 Å². The van der Waals surface area contributed by atoms with E-state index < -0.39 is 10.0 Å². The molecular formula is C22H19ClN4O2S. The zero-order valence-electron chi connectivity index (χ0n) is 15.9. The smallest absolute Gasteiger partial charge is 0.240 e. The molecule has 0 bridgehead atoms. The van der Waals surface area contributed by atoms with Gasteiger partial charge >= 0.3 is 0 Å². The summed E-state index contributed by atoms with van der Waals surface area (Å²) >= 11 is 5.98. The van der Waals surface area contributed by atoms with Crippen LogP contribution in [-0.4, -0.2) is 31.5 Å². The maximum Gasteiger partial charge on any atom is 0.240 e. The van der Waals surface area contributed by atoms with Crippen molar-refractivity contribution in [2.24, 2.45) is 0 Å². The van der Waals surface area contributed by atoms with Gasteiger partial charge in [0, 0.05) is 29.1 Å². The fraction of sp³-hybridized carbons (Fsp3) is 0.0909. The zero-order chi connectivity index (χ0) is 21.0. The number of nitrogens with one attached hydrogen (secondary N) is 2. The van der Waals surface area contributed by atoms with Crippen LogP contribution in [0.3, 0.4) is 0 Å². The second kappa shape index (κ2) is 8.79. The van der Waals surface area contributed by atoms with E-state index in [0.717, 1.165) is 16.5 Å². The van der Waals surface area contributed by atoms with Gasteiger partial charge in [0.05, 0.1) is 10.4 Å². The Morgan fingerprint density at radius 1 is 0.800 bits per heavy atom. The van der Waals surface area contributed by atoms with E-state index in [-0.39, 0.29) is 11.4 Å². The molecule has 8 heteroatoms. The van der Waals surface area contributed by atoms with E-state index in [0.29, 0.717) is 23.2 Å². The number of anilines is 1. The van der Waals surface area contributed by atoms with Crippen LogP contribution in [-0.2, 0) is 10.0 Å². The first-order chi connectivity index (χ1) is 14.5. The van der Waals surface area contributed by atoms with Gasteiger partial charge in [0.1, 0.15) is 5.82 Å². The third-order valence-electron chi connectivity index (χ3n) is 4.47. The summed E-state index contributed by atoms with van der Waals surface area (Å²) in [5.41, 5.74) is 1.64. The molecule has 0 spiro atoms. The van der Waals surface area contributed by atoms with Crippen LogP contribution in [0.15, 0.2) is 83.8 Å². The first-order valence-corrected chi connectivity index (χ1v) is 11.2. The topological polar surface area (TPSA) is 84.0 Å². The zero-order valence-corrected chi connectivity index (χ0v) is 17.5. The van der Waals surface area contributed by atoms with E-state index in [9.17, 15) is 8.42 Å². The van der Waals surface area contributed by atoms with Gasteiger partial charge < -0.3 is 5.32 Å². The van der Waals surface area contributed by atoms with Crippen LogP contribution in [0.5, 0.6) is 0 Å². The number of nitrogens with zero attached hydrogens (tertiary/aromatic N) is 2. The summed E-state index contributed by atoms with van der Waals surface area (Å²) < 4.78 is 27.3. The standard InChI is InChI=1S/C22H19ClN4O2S/c23-17-12-10-16(11-13-17)21-26-20-9-5-4-8-19(20)22(27-21)24-14-15-25-30(28,29)18-6-2-1-3-7-18/h1-13,25H,14-15H2,(H,24,26,27). The van der Waals surface area contributed by atoms with E-state index in [1.807, 2.05) is 36.4 Å². The molecule has 0 aliphatic rings. The van der Waals surface area contributed by atoms with Crippen LogP contribution in [0.4, 0.5) is 5.82 Å². The fourth-order valence-electron chi connectivity index (χ4n) is 2.99. The largest absolute Gasteiger partial charge is 0.368 e. The van der Waals surface area contributed by atoms with Gasteiger partial charge in [-0.15, -0.1) is 0 Å². The van der Waals surface area contributed by atoms with Crippen LogP contribution >= 0.6 is 11.6 Å². The Kier molecular flexibility index (Phi) is 5.94. The monoisotopic (exact) mass is 438 g/mol. The fourth-order valence-corrected chi connectivity index (χ4v) is 4.17. The van der Waals surface area contributed by atoms with Gasteiger partial charge in [-0.2, -0.15) is 0 Å². The summed E-state index contributed by atoms with van der Waals surface area (Å²) in [6, 6.07) is 23.3. The van der Waals surface area contributed by atoms with Crippen LogP contribution in [0.2, 0.25) is 5.02 Å². The molecule has 30 heavy (non-hydrogen) atoms. The lowest BCUT2D eigenvalue weighted by atomic mass is 10.2. The molecule has 1 aromatic heterocycles. The van der Waals surface area contributed by atoms with Crippen molar-refractivity contribution < 1.29 is 8.42 Å². The molecule has 0 saturated heterocycles. The summed E-state index contributed by atoms with van der Waals surface area (Å²) in [5, 5.41) is 4.73. The Bertz CT molecular complexity index is 1260. The molecule has 4 rings (SSSR count). The van der Waals surface area contributed by atoms with Gasteiger partial charge in [-0.05, 0) is 48.5 Å². The Balaban J connectivity index is 1.53. The van der Waals surface area contributed by atoms with Crippen molar-refractivity contribution in [2.45, 2.75) is 4.90 Å². The molecule has 0 atom stereocenters. The van der Waals surface area contributed by atoms with Gasteiger partial charge in [-0.3, -0.25) is 0 Å². The molecule has 6 nitrogen and oxygen atoms in total. The molecule has 2 N–H and O–H groups in total. The van der Waals surface area contributed by atoms with E-state index in [1.54, 1.807) is 42.5 Å². The van der Waals surface area contributed by atoms with Crippen LogP contribution in [0, 0.1) is 0 Å². The lowest BCUT2D eigenvalue weighted by molar-refractivity contribution is 0.583. The van der Waals surface area contributed by atoms with E-state index in [1.165, 1.54) is 0 Å². The van der Waals surface area contributed by atoms with E-state index >= 15 is 0 Å². The maximum absolute atomic E-state index is 12.3. The Morgan fingerprint density at radius 3 is 2.27 bits per heavy atom. The van der Waals surface area contributed by atoms with Crippen molar-refractivity contribution in [3.05, 3.63) is 83.9 Å². The van der Waals surface area contributed by atoms with Crippen molar-refractivity contribution in [1.29, 1.82) is 0 Å². The molecule has 0 saturated carbocycles. The van der Waals surface area contributed by atoms with Crippen LogP contribution in [0.25, 0.3) is 22.3 Å². The minimum absolute atomic E-state index is 0.214. The van der Waals surface area contributed by atoms with E-state index in [4.69, 9.17) is 11.6 Å². The number of sulfonamides is 1. The summed E-state index contributed by atoms with van der Waals surface area (Å²) in [6.07, 6.45) is 0. The average molecular weight is 439 g/mol. The quantitative estimate of drug-likeness (QED) is 0.419. The highest BCUT2D eigenvalue weighted by Crippen LogP contribution is 2.25. The second-order valence-corrected chi connectivity index (χ2v) is 8.76.